The molecule has 104 valence electrons. The minimum Gasteiger partial charge on any atom is -0.390 e. The van der Waals surface area contributed by atoms with Crippen molar-refractivity contribution in [1.82, 2.24) is 0 Å². The lowest BCUT2D eigenvalue weighted by atomic mass is 9.44. The monoisotopic (exact) mass is 270 g/mol. The van der Waals surface area contributed by atoms with Crippen LogP contribution in [0.2, 0.25) is 0 Å². The summed E-state index contributed by atoms with van der Waals surface area (Å²) < 4.78 is 6.26. The van der Waals surface area contributed by atoms with Crippen LogP contribution in [0.5, 0.6) is 0 Å². The van der Waals surface area contributed by atoms with Gasteiger partial charge in [0.15, 0.2) is 0 Å². The predicted octanol–water partition coefficient (Wildman–Crippen LogP) is 3.43. The minimum atomic E-state index is -0.557. The molecule has 0 aromatic carbocycles. The fourth-order valence-corrected chi connectivity index (χ4v) is 5.61. The molecule has 3 heteroatoms. The second kappa shape index (κ2) is 4.13. The molecule has 18 heavy (non-hydrogen) atoms. The van der Waals surface area contributed by atoms with Crippen LogP contribution in [-0.2, 0) is 4.74 Å². The molecule has 4 bridgehead atoms. The van der Waals surface area contributed by atoms with Crippen molar-refractivity contribution in [3.63, 3.8) is 0 Å². The van der Waals surface area contributed by atoms with Gasteiger partial charge in [0.2, 0.25) is 0 Å². The van der Waals surface area contributed by atoms with Crippen LogP contribution < -0.4 is 0 Å². The van der Waals surface area contributed by atoms with Crippen molar-refractivity contribution in [1.29, 1.82) is 0 Å². The van der Waals surface area contributed by atoms with Crippen LogP contribution in [0.1, 0.15) is 52.4 Å². The molecule has 0 radical (unpaired) electrons. The first kappa shape index (κ1) is 13.3. The molecule has 4 saturated carbocycles. The van der Waals surface area contributed by atoms with Gasteiger partial charge in [-0.2, -0.15) is 0 Å². The third kappa shape index (κ3) is 1.94. The fourth-order valence-electron chi connectivity index (χ4n) is 5.25. The average Bonchev–Trinajstić information content (AvgIpc) is 2.23. The number of aliphatic hydroxyl groups is 1. The van der Waals surface area contributed by atoms with Gasteiger partial charge >= 0.3 is 0 Å². The molecule has 2 unspecified atom stereocenters. The summed E-state index contributed by atoms with van der Waals surface area (Å²) in [6.45, 7) is 4.03. The summed E-state index contributed by atoms with van der Waals surface area (Å²) in [7, 11) is 0. The maximum Gasteiger partial charge on any atom is 0.0925 e. The first-order valence-corrected chi connectivity index (χ1v) is 8.63. The third-order valence-corrected chi connectivity index (χ3v) is 6.14. The molecule has 4 rings (SSSR count). The SMILES string of the molecule is CSCOC12CC3CC(C1)CC(C(C)(C)O)(C3)C2. The molecule has 0 aromatic heterocycles. The summed E-state index contributed by atoms with van der Waals surface area (Å²) >= 11 is 1.77. The van der Waals surface area contributed by atoms with Gasteiger partial charge in [-0.1, -0.05) is 0 Å². The zero-order valence-electron chi connectivity index (χ0n) is 11.9. The van der Waals surface area contributed by atoms with E-state index in [-0.39, 0.29) is 11.0 Å². The van der Waals surface area contributed by atoms with Gasteiger partial charge in [-0.05, 0) is 70.5 Å². The molecule has 4 fully saturated rings. The molecular formula is C15H26O2S. The van der Waals surface area contributed by atoms with Gasteiger partial charge < -0.3 is 9.84 Å². The molecule has 4 aliphatic rings. The Kier molecular flexibility index (Phi) is 3.04. The number of ether oxygens (including phenoxy) is 1. The number of hydrogen-bond acceptors (Lipinski definition) is 3. The van der Waals surface area contributed by atoms with E-state index in [0.29, 0.717) is 0 Å². The third-order valence-electron chi connectivity index (χ3n) is 5.79. The summed E-state index contributed by atoms with van der Waals surface area (Å²) in [4.78, 5) is 0. The number of thioether (sulfide) groups is 1. The van der Waals surface area contributed by atoms with Crippen LogP contribution in [0.4, 0.5) is 0 Å². The van der Waals surface area contributed by atoms with E-state index in [1.165, 1.54) is 32.1 Å². The highest BCUT2D eigenvalue weighted by Crippen LogP contribution is 2.65. The van der Waals surface area contributed by atoms with Gasteiger partial charge in [-0.3, -0.25) is 0 Å². The standard InChI is InChI=1S/C15H26O2S/c1-13(2,16)14-5-11-4-12(6-14)8-15(7-11,9-14)17-10-18-3/h11-12,16H,4-10H2,1-3H3. The summed E-state index contributed by atoms with van der Waals surface area (Å²) in [5.74, 6) is 2.39. The van der Waals surface area contributed by atoms with Crippen molar-refractivity contribution in [2.24, 2.45) is 17.3 Å². The van der Waals surface area contributed by atoms with Crippen molar-refractivity contribution < 1.29 is 9.84 Å². The number of hydrogen-bond donors (Lipinski definition) is 1. The minimum absolute atomic E-state index is 0.0904. The molecule has 0 heterocycles. The highest BCUT2D eigenvalue weighted by atomic mass is 32.2. The molecule has 2 atom stereocenters. The molecular weight excluding hydrogens is 244 g/mol. The lowest BCUT2D eigenvalue weighted by molar-refractivity contribution is -0.231. The smallest absolute Gasteiger partial charge is 0.0925 e. The Bertz CT molecular complexity index is 320. The van der Waals surface area contributed by atoms with Gasteiger partial charge in [0.25, 0.3) is 0 Å². The van der Waals surface area contributed by atoms with Crippen LogP contribution in [0.3, 0.4) is 0 Å². The van der Waals surface area contributed by atoms with Crippen molar-refractivity contribution in [3.05, 3.63) is 0 Å². The summed E-state index contributed by atoms with van der Waals surface area (Å²) in [5, 5.41) is 10.7. The van der Waals surface area contributed by atoms with Crippen LogP contribution in [0.15, 0.2) is 0 Å². The summed E-state index contributed by atoms with van der Waals surface area (Å²) in [6, 6.07) is 0. The Morgan fingerprint density at radius 3 is 2.33 bits per heavy atom. The van der Waals surface area contributed by atoms with Gasteiger partial charge in [0, 0.05) is 5.41 Å². The summed E-state index contributed by atoms with van der Waals surface area (Å²) in [5.41, 5.74) is -0.346. The van der Waals surface area contributed by atoms with E-state index in [0.717, 1.165) is 24.2 Å². The first-order valence-electron chi connectivity index (χ1n) is 7.23. The lowest BCUT2D eigenvalue weighted by Crippen LogP contribution is -2.62. The van der Waals surface area contributed by atoms with E-state index >= 15 is 0 Å². The van der Waals surface area contributed by atoms with Crippen molar-refractivity contribution in [3.8, 4) is 0 Å². The maximum atomic E-state index is 10.7. The molecule has 1 N–H and O–H groups in total. The summed E-state index contributed by atoms with van der Waals surface area (Å²) in [6.07, 6.45) is 9.48. The van der Waals surface area contributed by atoms with Crippen LogP contribution in [0.25, 0.3) is 0 Å². The quantitative estimate of drug-likeness (QED) is 0.794. The second-order valence-corrected chi connectivity index (χ2v) is 8.35. The molecule has 2 nitrogen and oxygen atoms in total. The number of rotatable bonds is 4. The highest BCUT2D eigenvalue weighted by Gasteiger charge is 2.62. The van der Waals surface area contributed by atoms with Gasteiger partial charge in [0.1, 0.15) is 0 Å². The fraction of sp³-hybridized carbons (Fsp3) is 1.00. The Labute approximate surface area is 115 Å². The van der Waals surface area contributed by atoms with E-state index in [2.05, 4.69) is 6.26 Å². The van der Waals surface area contributed by atoms with E-state index in [1.807, 2.05) is 13.8 Å². The first-order chi connectivity index (χ1) is 8.38. The second-order valence-electron chi connectivity index (χ2n) is 7.53. The van der Waals surface area contributed by atoms with Gasteiger partial charge in [-0.25, -0.2) is 0 Å². The predicted molar refractivity (Wildman–Crippen MR) is 75.6 cm³/mol. The topological polar surface area (TPSA) is 29.5 Å². The Hall–Kier alpha value is 0.270. The van der Waals surface area contributed by atoms with Crippen LogP contribution >= 0.6 is 11.8 Å². The van der Waals surface area contributed by atoms with Crippen LogP contribution in [-0.4, -0.2) is 28.5 Å². The molecule has 0 saturated heterocycles. The van der Waals surface area contributed by atoms with Crippen molar-refractivity contribution in [2.75, 3.05) is 12.2 Å². The van der Waals surface area contributed by atoms with Gasteiger partial charge in [-0.15, -0.1) is 11.8 Å². The molecule has 4 aliphatic carbocycles. The van der Waals surface area contributed by atoms with Crippen LogP contribution in [0, 0.1) is 17.3 Å². The largest absolute Gasteiger partial charge is 0.390 e. The molecule has 0 aliphatic heterocycles. The Morgan fingerprint density at radius 1 is 1.22 bits per heavy atom. The van der Waals surface area contributed by atoms with E-state index in [9.17, 15) is 5.11 Å². The van der Waals surface area contributed by atoms with E-state index in [1.54, 1.807) is 11.8 Å². The molecule has 0 amide bonds. The Morgan fingerprint density at radius 2 is 1.83 bits per heavy atom. The highest BCUT2D eigenvalue weighted by molar-refractivity contribution is 7.98. The zero-order chi connectivity index (χ0) is 13.0. The van der Waals surface area contributed by atoms with Gasteiger partial charge in [0.05, 0.1) is 17.1 Å². The normalized spacial score (nSPS) is 46.7. The Balaban J connectivity index is 1.88. The van der Waals surface area contributed by atoms with E-state index < -0.39 is 5.60 Å². The van der Waals surface area contributed by atoms with E-state index in [4.69, 9.17) is 4.74 Å². The average molecular weight is 270 g/mol. The zero-order valence-corrected chi connectivity index (χ0v) is 12.7. The van der Waals surface area contributed by atoms with Crippen molar-refractivity contribution in [2.45, 2.75) is 63.6 Å². The molecule has 0 spiro atoms. The molecule has 0 aromatic rings. The lowest BCUT2D eigenvalue weighted by Gasteiger charge is -2.64. The van der Waals surface area contributed by atoms with Crippen molar-refractivity contribution >= 4 is 11.8 Å². The maximum absolute atomic E-state index is 10.7.